The van der Waals surface area contributed by atoms with Crippen molar-refractivity contribution in [1.82, 2.24) is 15.5 Å². The van der Waals surface area contributed by atoms with Crippen LogP contribution in [0.4, 0.5) is 0 Å². The van der Waals surface area contributed by atoms with Crippen LogP contribution in [0, 0.1) is 6.92 Å². The van der Waals surface area contributed by atoms with E-state index in [1.54, 1.807) is 13.0 Å². The van der Waals surface area contributed by atoms with Crippen LogP contribution in [-0.2, 0) is 25.7 Å². The maximum atomic E-state index is 12.4. The summed E-state index contributed by atoms with van der Waals surface area (Å²) in [6.45, 7) is 3.98. The summed E-state index contributed by atoms with van der Waals surface area (Å²) in [7, 11) is 0. The molecular weight excluding hydrogens is 370 g/mol. The van der Waals surface area contributed by atoms with Gasteiger partial charge in [0.1, 0.15) is 11.3 Å². The van der Waals surface area contributed by atoms with Gasteiger partial charge in [-0.3, -0.25) is 4.79 Å². The SMILES string of the molecule is CCc1nc(CCNC(=O)c2c(C)cc(CCCc3ccccc3)oc2=O)no1. The molecule has 0 spiro atoms. The van der Waals surface area contributed by atoms with E-state index < -0.39 is 11.5 Å². The predicted molar refractivity (Wildman–Crippen MR) is 108 cm³/mol. The highest BCUT2D eigenvalue weighted by Crippen LogP contribution is 2.11. The zero-order chi connectivity index (χ0) is 20.6. The van der Waals surface area contributed by atoms with Gasteiger partial charge in [-0.15, -0.1) is 0 Å². The van der Waals surface area contributed by atoms with Crippen LogP contribution in [0.3, 0.4) is 0 Å². The molecule has 29 heavy (non-hydrogen) atoms. The number of aryl methyl sites for hydroxylation is 4. The molecule has 0 fully saturated rings. The normalized spacial score (nSPS) is 10.8. The summed E-state index contributed by atoms with van der Waals surface area (Å²) >= 11 is 0. The first-order chi connectivity index (χ1) is 14.1. The molecule has 3 rings (SSSR count). The molecule has 1 aromatic carbocycles. The molecule has 2 heterocycles. The second-order valence-electron chi connectivity index (χ2n) is 6.86. The fourth-order valence-electron chi connectivity index (χ4n) is 3.09. The van der Waals surface area contributed by atoms with Gasteiger partial charge < -0.3 is 14.3 Å². The number of carbonyl (C=O) groups is 1. The Kier molecular flexibility index (Phi) is 6.94. The van der Waals surface area contributed by atoms with Crippen molar-refractivity contribution in [3.63, 3.8) is 0 Å². The van der Waals surface area contributed by atoms with Gasteiger partial charge in [0.15, 0.2) is 5.82 Å². The van der Waals surface area contributed by atoms with E-state index in [2.05, 4.69) is 27.6 Å². The van der Waals surface area contributed by atoms with Gasteiger partial charge in [-0.25, -0.2) is 4.79 Å². The Morgan fingerprint density at radius 1 is 1.14 bits per heavy atom. The first-order valence-electron chi connectivity index (χ1n) is 9.84. The Hall–Kier alpha value is -3.22. The molecular formula is C22H25N3O4. The van der Waals surface area contributed by atoms with Crippen LogP contribution in [0.25, 0.3) is 0 Å². The number of aromatic nitrogens is 2. The van der Waals surface area contributed by atoms with Gasteiger partial charge in [-0.05, 0) is 37.0 Å². The van der Waals surface area contributed by atoms with Crippen LogP contribution in [-0.4, -0.2) is 22.6 Å². The third-order valence-electron chi connectivity index (χ3n) is 4.61. The lowest BCUT2D eigenvalue weighted by molar-refractivity contribution is 0.0949. The number of hydrogen-bond acceptors (Lipinski definition) is 6. The van der Waals surface area contributed by atoms with Crippen LogP contribution < -0.4 is 10.9 Å². The average molecular weight is 395 g/mol. The van der Waals surface area contributed by atoms with E-state index in [4.69, 9.17) is 8.94 Å². The molecule has 7 heteroatoms. The minimum absolute atomic E-state index is 0.0409. The Morgan fingerprint density at radius 3 is 2.62 bits per heavy atom. The van der Waals surface area contributed by atoms with Crippen molar-refractivity contribution in [3.05, 3.63) is 81.0 Å². The quantitative estimate of drug-likeness (QED) is 0.598. The van der Waals surface area contributed by atoms with E-state index in [1.807, 2.05) is 25.1 Å². The number of nitrogens with one attached hydrogen (secondary N) is 1. The molecule has 0 unspecified atom stereocenters. The Morgan fingerprint density at radius 2 is 1.93 bits per heavy atom. The maximum absolute atomic E-state index is 12.4. The lowest BCUT2D eigenvalue weighted by Crippen LogP contribution is -2.31. The Bertz CT molecular complexity index is 1010. The van der Waals surface area contributed by atoms with Crippen LogP contribution in [0.15, 0.2) is 50.1 Å². The van der Waals surface area contributed by atoms with Gasteiger partial charge in [-0.2, -0.15) is 4.98 Å². The highest BCUT2D eigenvalue weighted by atomic mass is 16.5. The van der Waals surface area contributed by atoms with E-state index >= 15 is 0 Å². The molecule has 3 aromatic rings. The van der Waals surface area contributed by atoms with Crippen molar-refractivity contribution >= 4 is 5.91 Å². The van der Waals surface area contributed by atoms with Gasteiger partial charge in [0.2, 0.25) is 5.89 Å². The number of carbonyl (C=O) groups excluding carboxylic acids is 1. The van der Waals surface area contributed by atoms with Crippen molar-refractivity contribution in [2.24, 2.45) is 0 Å². The molecule has 1 amide bonds. The maximum Gasteiger partial charge on any atom is 0.349 e. The van der Waals surface area contributed by atoms with Crippen molar-refractivity contribution in [1.29, 1.82) is 0 Å². The number of amides is 1. The number of rotatable bonds is 9. The highest BCUT2D eigenvalue weighted by Gasteiger charge is 2.17. The zero-order valence-electron chi connectivity index (χ0n) is 16.7. The summed E-state index contributed by atoms with van der Waals surface area (Å²) in [6, 6.07) is 11.9. The summed E-state index contributed by atoms with van der Waals surface area (Å²) < 4.78 is 10.4. The molecule has 0 aliphatic heterocycles. The summed E-state index contributed by atoms with van der Waals surface area (Å²) in [4.78, 5) is 28.9. The molecule has 1 N–H and O–H groups in total. The van der Waals surface area contributed by atoms with Crippen molar-refractivity contribution in [3.8, 4) is 0 Å². The first kappa shape index (κ1) is 20.5. The van der Waals surface area contributed by atoms with Gasteiger partial charge in [0, 0.05) is 25.8 Å². The van der Waals surface area contributed by atoms with Crippen molar-refractivity contribution < 1.29 is 13.7 Å². The summed E-state index contributed by atoms with van der Waals surface area (Å²) in [6.07, 6.45) is 3.50. The van der Waals surface area contributed by atoms with Gasteiger partial charge >= 0.3 is 5.63 Å². The van der Waals surface area contributed by atoms with E-state index in [-0.39, 0.29) is 5.56 Å². The standard InChI is InChI=1S/C22H25N3O4/c1-3-19-24-18(25-29-19)12-13-23-21(26)20-15(2)14-17(28-22(20)27)11-7-10-16-8-5-4-6-9-16/h4-6,8-9,14H,3,7,10-13H2,1-2H3,(H,23,26). The molecule has 0 saturated carbocycles. The first-order valence-corrected chi connectivity index (χ1v) is 9.84. The van der Waals surface area contributed by atoms with E-state index in [0.29, 0.717) is 48.8 Å². The molecule has 0 saturated heterocycles. The predicted octanol–water partition coefficient (Wildman–Crippen LogP) is 3.04. The topological polar surface area (TPSA) is 98.2 Å². The van der Waals surface area contributed by atoms with E-state index in [9.17, 15) is 9.59 Å². The average Bonchev–Trinajstić information content (AvgIpc) is 3.16. The number of nitrogens with zero attached hydrogens (tertiary/aromatic N) is 2. The lowest BCUT2D eigenvalue weighted by Gasteiger charge is -2.07. The number of hydrogen-bond donors (Lipinski definition) is 1. The molecule has 7 nitrogen and oxygen atoms in total. The zero-order valence-corrected chi connectivity index (χ0v) is 16.7. The van der Waals surface area contributed by atoms with Crippen LogP contribution >= 0.6 is 0 Å². The van der Waals surface area contributed by atoms with Crippen molar-refractivity contribution in [2.75, 3.05) is 6.54 Å². The van der Waals surface area contributed by atoms with Gasteiger partial charge in [0.05, 0.1) is 0 Å². The summed E-state index contributed by atoms with van der Waals surface area (Å²) in [5.41, 5.74) is 1.29. The monoisotopic (exact) mass is 395 g/mol. The van der Waals surface area contributed by atoms with Gasteiger partial charge in [0.25, 0.3) is 5.91 Å². The molecule has 0 aliphatic rings. The van der Waals surface area contributed by atoms with Crippen LogP contribution in [0.1, 0.15) is 52.3 Å². The largest absolute Gasteiger partial charge is 0.427 e. The highest BCUT2D eigenvalue weighted by molar-refractivity contribution is 5.95. The fraction of sp³-hybridized carbons (Fsp3) is 0.364. The third-order valence-corrected chi connectivity index (χ3v) is 4.61. The van der Waals surface area contributed by atoms with E-state index in [1.165, 1.54) is 5.56 Å². The number of benzene rings is 1. The molecule has 152 valence electrons. The van der Waals surface area contributed by atoms with Crippen LogP contribution in [0.5, 0.6) is 0 Å². The minimum atomic E-state index is -0.606. The molecule has 2 aromatic heterocycles. The molecule has 0 bridgehead atoms. The van der Waals surface area contributed by atoms with Crippen LogP contribution in [0.2, 0.25) is 0 Å². The second kappa shape index (κ2) is 9.82. The fourth-order valence-corrected chi connectivity index (χ4v) is 3.09. The van der Waals surface area contributed by atoms with Crippen molar-refractivity contribution in [2.45, 2.75) is 46.0 Å². The Balaban J connectivity index is 1.55. The second-order valence-corrected chi connectivity index (χ2v) is 6.86. The molecule has 0 atom stereocenters. The molecule has 0 radical (unpaired) electrons. The smallest absolute Gasteiger partial charge is 0.349 e. The Labute approximate surface area is 169 Å². The van der Waals surface area contributed by atoms with Gasteiger partial charge in [-0.1, -0.05) is 42.4 Å². The summed E-state index contributed by atoms with van der Waals surface area (Å²) in [5.74, 6) is 1.23. The third kappa shape index (κ3) is 5.63. The van der Waals surface area contributed by atoms with E-state index in [0.717, 1.165) is 12.8 Å². The molecule has 0 aliphatic carbocycles. The minimum Gasteiger partial charge on any atom is -0.427 e. The lowest BCUT2D eigenvalue weighted by atomic mass is 10.1. The summed E-state index contributed by atoms with van der Waals surface area (Å²) in [5, 5.41) is 6.56.